The summed E-state index contributed by atoms with van der Waals surface area (Å²) in [7, 11) is 1.68. The molecule has 0 aliphatic carbocycles. The van der Waals surface area contributed by atoms with E-state index in [1.807, 2.05) is 12.1 Å². The highest BCUT2D eigenvalue weighted by atomic mass is 32.1. The Balaban J connectivity index is 2.18. The van der Waals surface area contributed by atoms with Crippen LogP contribution in [0.15, 0.2) is 24.3 Å². The molecule has 0 atom stereocenters. The molecular weight excluding hydrogens is 268 g/mol. The summed E-state index contributed by atoms with van der Waals surface area (Å²) < 4.78 is 5.19. The minimum Gasteiger partial charge on any atom is -0.497 e. The molecule has 20 heavy (non-hydrogen) atoms. The van der Waals surface area contributed by atoms with Crippen LogP contribution in [-0.2, 0) is 6.54 Å². The number of aryl methyl sites for hydroxylation is 1. The van der Waals surface area contributed by atoms with Crippen LogP contribution < -0.4 is 10.1 Å². The van der Waals surface area contributed by atoms with E-state index < -0.39 is 0 Å². The van der Waals surface area contributed by atoms with Gasteiger partial charge in [0.1, 0.15) is 10.8 Å². The van der Waals surface area contributed by atoms with Crippen molar-refractivity contribution in [3.8, 4) is 17.0 Å². The maximum atomic E-state index is 5.19. The lowest BCUT2D eigenvalue weighted by molar-refractivity contribution is 0.415. The van der Waals surface area contributed by atoms with Gasteiger partial charge < -0.3 is 10.1 Å². The van der Waals surface area contributed by atoms with Gasteiger partial charge in [0.2, 0.25) is 0 Å². The van der Waals surface area contributed by atoms with Crippen molar-refractivity contribution in [1.82, 2.24) is 10.3 Å². The largest absolute Gasteiger partial charge is 0.497 e. The Morgan fingerprint density at radius 2 is 1.85 bits per heavy atom. The molecule has 1 aromatic heterocycles. The van der Waals surface area contributed by atoms with Crippen molar-refractivity contribution >= 4 is 11.3 Å². The highest BCUT2D eigenvalue weighted by Crippen LogP contribution is 2.28. The van der Waals surface area contributed by atoms with Crippen LogP contribution in [0.1, 0.15) is 30.7 Å². The van der Waals surface area contributed by atoms with E-state index in [1.165, 1.54) is 4.88 Å². The number of hydrogen-bond acceptors (Lipinski definition) is 4. The SMILES string of the molecule is COc1ccc(-c2nc(CNC(C)(C)C)sc2C)cc1. The highest BCUT2D eigenvalue weighted by Gasteiger charge is 2.13. The van der Waals surface area contributed by atoms with Crippen LogP contribution in [0, 0.1) is 6.92 Å². The van der Waals surface area contributed by atoms with Gasteiger partial charge in [-0.1, -0.05) is 0 Å². The number of rotatable bonds is 4. The zero-order valence-corrected chi connectivity index (χ0v) is 13.6. The molecule has 3 nitrogen and oxygen atoms in total. The molecule has 0 aliphatic heterocycles. The number of ether oxygens (including phenoxy) is 1. The monoisotopic (exact) mass is 290 g/mol. The maximum absolute atomic E-state index is 5.19. The molecule has 0 aliphatic rings. The predicted molar refractivity (Wildman–Crippen MR) is 85.4 cm³/mol. The van der Waals surface area contributed by atoms with Crippen LogP contribution >= 0.6 is 11.3 Å². The molecule has 0 saturated heterocycles. The molecule has 1 heterocycles. The van der Waals surface area contributed by atoms with Crippen molar-refractivity contribution in [3.63, 3.8) is 0 Å². The molecule has 4 heteroatoms. The number of hydrogen-bond donors (Lipinski definition) is 1. The fourth-order valence-corrected chi connectivity index (χ4v) is 2.78. The normalized spacial score (nSPS) is 11.7. The van der Waals surface area contributed by atoms with Gasteiger partial charge in [0, 0.05) is 22.5 Å². The Kier molecular flexibility index (Phi) is 4.45. The van der Waals surface area contributed by atoms with Gasteiger partial charge in [0.15, 0.2) is 0 Å². The lowest BCUT2D eigenvalue weighted by Crippen LogP contribution is -2.34. The van der Waals surface area contributed by atoms with Crippen molar-refractivity contribution in [2.24, 2.45) is 0 Å². The molecule has 0 unspecified atom stereocenters. The van der Waals surface area contributed by atoms with Crippen molar-refractivity contribution in [3.05, 3.63) is 34.2 Å². The van der Waals surface area contributed by atoms with Crippen molar-refractivity contribution in [2.75, 3.05) is 7.11 Å². The third-order valence-corrected chi connectivity index (χ3v) is 3.95. The molecule has 0 saturated carbocycles. The van der Waals surface area contributed by atoms with Crippen LogP contribution in [0.25, 0.3) is 11.3 Å². The van der Waals surface area contributed by atoms with E-state index in [2.05, 4.69) is 45.1 Å². The first-order chi connectivity index (χ1) is 9.39. The third-order valence-electron chi connectivity index (χ3n) is 2.97. The molecule has 2 aromatic rings. The minimum absolute atomic E-state index is 0.111. The second-order valence-electron chi connectivity index (χ2n) is 5.84. The first kappa shape index (κ1) is 15.0. The lowest BCUT2D eigenvalue weighted by atomic mass is 10.1. The predicted octanol–water partition coefficient (Wildman–Crippen LogP) is 4.02. The molecule has 0 amide bonds. The molecule has 0 spiro atoms. The van der Waals surface area contributed by atoms with E-state index in [4.69, 9.17) is 9.72 Å². The Bertz CT molecular complexity index is 567. The van der Waals surface area contributed by atoms with Gasteiger partial charge in [-0.05, 0) is 52.0 Å². The average Bonchev–Trinajstić information content (AvgIpc) is 2.77. The quantitative estimate of drug-likeness (QED) is 0.923. The molecule has 0 fully saturated rings. The van der Waals surface area contributed by atoms with E-state index in [-0.39, 0.29) is 5.54 Å². The van der Waals surface area contributed by atoms with Crippen molar-refractivity contribution < 1.29 is 4.74 Å². The number of nitrogens with zero attached hydrogens (tertiary/aromatic N) is 1. The van der Waals surface area contributed by atoms with Crippen LogP contribution in [-0.4, -0.2) is 17.6 Å². The summed E-state index contributed by atoms with van der Waals surface area (Å²) in [6.45, 7) is 9.43. The van der Waals surface area contributed by atoms with Crippen molar-refractivity contribution in [2.45, 2.75) is 39.8 Å². The Morgan fingerprint density at radius 3 is 2.40 bits per heavy atom. The second-order valence-corrected chi connectivity index (χ2v) is 7.13. The summed E-state index contributed by atoms with van der Waals surface area (Å²) in [6, 6.07) is 8.06. The van der Waals surface area contributed by atoms with Gasteiger partial charge in [-0.3, -0.25) is 0 Å². The first-order valence-electron chi connectivity index (χ1n) is 6.75. The topological polar surface area (TPSA) is 34.1 Å². The van der Waals surface area contributed by atoms with Gasteiger partial charge in [-0.2, -0.15) is 0 Å². The fraction of sp³-hybridized carbons (Fsp3) is 0.438. The summed E-state index contributed by atoms with van der Waals surface area (Å²) in [5.41, 5.74) is 2.32. The maximum Gasteiger partial charge on any atom is 0.118 e. The standard InChI is InChI=1S/C16H22N2OS/c1-11-15(12-6-8-13(19-5)9-7-12)18-14(20-11)10-17-16(2,3)4/h6-9,17H,10H2,1-5H3. The van der Waals surface area contributed by atoms with E-state index in [0.29, 0.717) is 0 Å². The fourth-order valence-electron chi connectivity index (χ4n) is 1.88. The van der Waals surface area contributed by atoms with Crippen LogP contribution in [0.5, 0.6) is 5.75 Å². The van der Waals surface area contributed by atoms with E-state index >= 15 is 0 Å². The third kappa shape index (κ3) is 3.81. The number of thiazole rings is 1. The summed E-state index contributed by atoms with van der Waals surface area (Å²) >= 11 is 1.75. The summed E-state index contributed by atoms with van der Waals surface area (Å²) in [5, 5.41) is 4.60. The average molecular weight is 290 g/mol. The number of aromatic nitrogens is 1. The summed E-state index contributed by atoms with van der Waals surface area (Å²) in [6.07, 6.45) is 0. The Morgan fingerprint density at radius 1 is 1.20 bits per heavy atom. The Hall–Kier alpha value is -1.39. The van der Waals surface area contributed by atoms with Gasteiger partial charge in [0.05, 0.1) is 12.8 Å². The van der Waals surface area contributed by atoms with Crippen LogP contribution in [0.2, 0.25) is 0 Å². The number of methoxy groups -OCH3 is 1. The zero-order valence-electron chi connectivity index (χ0n) is 12.8. The van der Waals surface area contributed by atoms with E-state index in [9.17, 15) is 0 Å². The molecule has 1 aromatic carbocycles. The minimum atomic E-state index is 0.111. The van der Waals surface area contributed by atoms with Crippen LogP contribution in [0.4, 0.5) is 0 Å². The molecule has 0 bridgehead atoms. The molecule has 108 valence electrons. The molecular formula is C16H22N2OS. The van der Waals surface area contributed by atoms with Gasteiger partial charge in [-0.15, -0.1) is 11.3 Å². The highest BCUT2D eigenvalue weighted by molar-refractivity contribution is 7.12. The van der Waals surface area contributed by atoms with Crippen LogP contribution in [0.3, 0.4) is 0 Å². The molecule has 2 rings (SSSR count). The van der Waals surface area contributed by atoms with Crippen molar-refractivity contribution in [1.29, 1.82) is 0 Å². The summed E-state index contributed by atoms with van der Waals surface area (Å²) in [5.74, 6) is 0.872. The zero-order chi connectivity index (χ0) is 14.8. The molecule has 1 N–H and O–H groups in total. The van der Waals surface area contributed by atoms with Gasteiger partial charge in [0.25, 0.3) is 0 Å². The number of nitrogens with one attached hydrogen (secondary N) is 1. The first-order valence-corrected chi connectivity index (χ1v) is 7.56. The molecule has 0 radical (unpaired) electrons. The van der Waals surface area contributed by atoms with Gasteiger partial charge in [-0.25, -0.2) is 4.98 Å². The lowest BCUT2D eigenvalue weighted by Gasteiger charge is -2.19. The second kappa shape index (κ2) is 5.94. The number of benzene rings is 1. The smallest absolute Gasteiger partial charge is 0.118 e. The van der Waals surface area contributed by atoms with E-state index in [0.717, 1.165) is 28.6 Å². The Labute approximate surface area is 125 Å². The van der Waals surface area contributed by atoms with E-state index in [1.54, 1.807) is 18.4 Å². The van der Waals surface area contributed by atoms with Gasteiger partial charge >= 0.3 is 0 Å². The summed E-state index contributed by atoms with van der Waals surface area (Å²) in [4.78, 5) is 6.00.